The standard InChI is InChI=1S/C12H24N2/c1-10(13)8-14-7-6-11-4-2-3-5-12(11)9-14/h10-12H,2-9,13H2,1H3/t10-,11?,12?/m0/s1. The summed E-state index contributed by atoms with van der Waals surface area (Å²) in [7, 11) is 0. The fraction of sp³-hybridized carbons (Fsp3) is 1.00. The molecule has 0 bridgehead atoms. The first kappa shape index (κ1) is 10.4. The molecule has 2 N–H and O–H groups in total. The molecule has 0 amide bonds. The summed E-state index contributed by atoms with van der Waals surface area (Å²) in [6, 6.07) is 0.343. The number of piperidine rings is 1. The Morgan fingerprint density at radius 3 is 2.64 bits per heavy atom. The molecule has 2 rings (SSSR count). The molecule has 0 spiro atoms. The topological polar surface area (TPSA) is 29.3 Å². The predicted octanol–water partition coefficient (Wildman–Crippen LogP) is 1.85. The highest BCUT2D eigenvalue weighted by atomic mass is 15.1. The van der Waals surface area contributed by atoms with Crippen LogP contribution in [0, 0.1) is 11.8 Å². The Kier molecular flexibility index (Phi) is 3.45. The van der Waals surface area contributed by atoms with Gasteiger partial charge >= 0.3 is 0 Å². The van der Waals surface area contributed by atoms with Gasteiger partial charge in [-0.15, -0.1) is 0 Å². The van der Waals surface area contributed by atoms with Crippen molar-refractivity contribution in [1.29, 1.82) is 0 Å². The Balaban J connectivity index is 1.83. The molecule has 0 radical (unpaired) electrons. The third-order valence-corrected chi connectivity index (χ3v) is 3.92. The molecular weight excluding hydrogens is 172 g/mol. The van der Waals surface area contributed by atoms with Crippen molar-refractivity contribution in [1.82, 2.24) is 4.90 Å². The Bertz CT molecular complexity index is 179. The summed E-state index contributed by atoms with van der Waals surface area (Å²) >= 11 is 0. The summed E-state index contributed by atoms with van der Waals surface area (Å²) in [5.74, 6) is 2.05. The Labute approximate surface area is 87.8 Å². The van der Waals surface area contributed by atoms with Crippen molar-refractivity contribution in [3.8, 4) is 0 Å². The average molecular weight is 196 g/mol. The maximum atomic E-state index is 5.85. The molecule has 0 aromatic heterocycles. The van der Waals surface area contributed by atoms with Crippen molar-refractivity contribution in [3.63, 3.8) is 0 Å². The molecule has 0 aromatic carbocycles. The van der Waals surface area contributed by atoms with E-state index in [-0.39, 0.29) is 0 Å². The van der Waals surface area contributed by atoms with E-state index in [1.54, 1.807) is 0 Å². The van der Waals surface area contributed by atoms with Crippen molar-refractivity contribution in [2.75, 3.05) is 19.6 Å². The molecule has 1 saturated carbocycles. The third kappa shape index (κ3) is 2.48. The van der Waals surface area contributed by atoms with Crippen molar-refractivity contribution in [3.05, 3.63) is 0 Å². The molecule has 2 aliphatic rings. The number of hydrogen-bond donors (Lipinski definition) is 1. The summed E-state index contributed by atoms with van der Waals surface area (Å²) in [5, 5.41) is 0. The lowest BCUT2D eigenvalue weighted by Gasteiger charge is -2.41. The zero-order valence-corrected chi connectivity index (χ0v) is 9.41. The molecule has 1 saturated heterocycles. The van der Waals surface area contributed by atoms with E-state index in [9.17, 15) is 0 Å². The highest BCUT2D eigenvalue weighted by molar-refractivity contribution is 4.84. The molecule has 2 unspecified atom stereocenters. The van der Waals surface area contributed by atoms with E-state index in [1.165, 1.54) is 45.2 Å². The number of hydrogen-bond acceptors (Lipinski definition) is 2. The van der Waals surface area contributed by atoms with Crippen LogP contribution in [-0.4, -0.2) is 30.6 Å². The molecule has 2 nitrogen and oxygen atoms in total. The van der Waals surface area contributed by atoms with Gasteiger partial charge < -0.3 is 10.6 Å². The maximum Gasteiger partial charge on any atom is 0.0139 e. The van der Waals surface area contributed by atoms with Crippen LogP contribution >= 0.6 is 0 Å². The van der Waals surface area contributed by atoms with E-state index in [2.05, 4.69) is 11.8 Å². The number of likely N-dealkylation sites (tertiary alicyclic amines) is 1. The van der Waals surface area contributed by atoms with Gasteiger partial charge in [0.15, 0.2) is 0 Å². The van der Waals surface area contributed by atoms with Gasteiger partial charge in [-0.1, -0.05) is 19.3 Å². The second-order valence-electron chi connectivity index (χ2n) is 5.33. The smallest absolute Gasteiger partial charge is 0.0139 e. The van der Waals surface area contributed by atoms with E-state index in [0.717, 1.165) is 18.4 Å². The zero-order valence-electron chi connectivity index (χ0n) is 9.41. The van der Waals surface area contributed by atoms with Crippen LogP contribution in [0.5, 0.6) is 0 Å². The number of fused-ring (bicyclic) bond motifs is 1. The molecule has 82 valence electrons. The normalized spacial score (nSPS) is 36.4. The van der Waals surface area contributed by atoms with Crippen LogP contribution in [0.1, 0.15) is 39.0 Å². The lowest BCUT2D eigenvalue weighted by atomic mass is 9.75. The molecule has 2 fully saturated rings. The first-order valence-corrected chi connectivity index (χ1v) is 6.23. The molecule has 3 atom stereocenters. The lowest BCUT2D eigenvalue weighted by molar-refractivity contribution is 0.0840. The number of nitrogens with zero attached hydrogens (tertiary/aromatic N) is 1. The van der Waals surface area contributed by atoms with E-state index < -0.39 is 0 Å². The van der Waals surface area contributed by atoms with Crippen LogP contribution in [0.2, 0.25) is 0 Å². The van der Waals surface area contributed by atoms with Gasteiger partial charge in [0.25, 0.3) is 0 Å². The summed E-state index contributed by atoms with van der Waals surface area (Å²) in [4.78, 5) is 2.58. The van der Waals surface area contributed by atoms with Gasteiger partial charge in [-0.2, -0.15) is 0 Å². The van der Waals surface area contributed by atoms with E-state index in [1.807, 2.05) is 0 Å². The van der Waals surface area contributed by atoms with E-state index in [4.69, 9.17) is 5.73 Å². The van der Waals surface area contributed by atoms with Crippen molar-refractivity contribution in [2.24, 2.45) is 17.6 Å². The minimum atomic E-state index is 0.343. The Morgan fingerprint density at radius 1 is 1.21 bits per heavy atom. The average Bonchev–Trinajstić information content (AvgIpc) is 2.17. The summed E-state index contributed by atoms with van der Waals surface area (Å²) in [5.41, 5.74) is 5.85. The predicted molar refractivity (Wildman–Crippen MR) is 60.2 cm³/mol. The first-order chi connectivity index (χ1) is 6.75. The van der Waals surface area contributed by atoms with Crippen LogP contribution in [0.3, 0.4) is 0 Å². The molecule has 1 heterocycles. The Morgan fingerprint density at radius 2 is 1.93 bits per heavy atom. The molecule has 2 heteroatoms. The molecule has 0 aromatic rings. The molecular formula is C12H24N2. The summed E-state index contributed by atoms with van der Waals surface area (Å²) in [6.07, 6.45) is 7.34. The van der Waals surface area contributed by atoms with Gasteiger partial charge in [-0.3, -0.25) is 0 Å². The minimum Gasteiger partial charge on any atom is -0.327 e. The quantitative estimate of drug-likeness (QED) is 0.730. The van der Waals surface area contributed by atoms with Gasteiger partial charge in [0.1, 0.15) is 0 Å². The van der Waals surface area contributed by atoms with Crippen LogP contribution in [0.25, 0.3) is 0 Å². The van der Waals surface area contributed by atoms with Gasteiger partial charge in [0.05, 0.1) is 0 Å². The molecule has 14 heavy (non-hydrogen) atoms. The largest absolute Gasteiger partial charge is 0.327 e. The fourth-order valence-corrected chi connectivity index (χ4v) is 3.25. The SMILES string of the molecule is C[C@H](N)CN1CCC2CCCCC2C1. The van der Waals surface area contributed by atoms with Crippen molar-refractivity contribution < 1.29 is 0 Å². The monoisotopic (exact) mass is 196 g/mol. The van der Waals surface area contributed by atoms with Crippen molar-refractivity contribution in [2.45, 2.75) is 45.1 Å². The maximum absolute atomic E-state index is 5.85. The molecule has 1 aliphatic carbocycles. The van der Waals surface area contributed by atoms with Crippen LogP contribution in [0.4, 0.5) is 0 Å². The third-order valence-electron chi connectivity index (χ3n) is 3.92. The summed E-state index contributed by atoms with van der Waals surface area (Å²) in [6.45, 7) is 5.84. The number of rotatable bonds is 2. The van der Waals surface area contributed by atoms with Crippen LogP contribution in [0.15, 0.2) is 0 Å². The highest BCUT2D eigenvalue weighted by Gasteiger charge is 2.30. The van der Waals surface area contributed by atoms with Gasteiger partial charge in [-0.05, 0) is 38.1 Å². The Hall–Kier alpha value is -0.0800. The zero-order chi connectivity index (χ0) is 9.97. The van der Waals surface area contributed by atoms with Gasteiger partial charge in [0.2, 0.25) is 0 Å². The minimum absolute atomic E-state index is 0.343. The number of nitrogens with two attached hydrogens (primary N) is 1. The summed E-state index contributed by atoms with van der Waals surface area (Å²) < 4.78 is 0. The van der Waals surface area contributed by atoms with Gasteiger partial charge in [0, 0.05) is 19.1 Å². The lowest BCUT2D eigenvalue weighted by Crippen LogP contribution is -2.45. The van der Waals surface area contributed by atoms with Crippen LogP contribution in [-0.2, 0) is 0 Å². The van der Waals surface area contributed by atoms with Crippen LogP contribution < -0.4 is 5.73 Å². The van der Waals surface area contributed by atoms with Gasteiger partial charge in [-0.25, -0.2) is 0 Å². The van der Waals surface area contributed by atoms with E-state index in [0.29, 0.717) is 6.04 Å². The van der Waals surface area contributed by atoms with E-state index >= 15 is 0 Å². The second-order valence-corrected chi connectivity index (χ2v) is 5.33. The first-order valence-electron chi connectivity index (χ1n) is 6.23. The van der Waals surface area contributed by atoms with Crippen molar-refractivity contribution >= 4 is 0 Å². The molecule has 1 aliphatic heterocycles. The second kappa shape index (κ2) is 4.63. The fourth-order valence-electron chi connectivity index (χ4n) is 3.25. The highest BCUT2D eigenvalue weighted by Crippen LogP contribution is 2.35.